The van der Waals surface area contributed by atoms with Gasteiger partial charge in [0.1, 0.15) is 10.8 Å². The molecule has 2 rings (SSSR count). The lowest BCUT2D eigenvalue weighted by molar-refractivity contribution is 0.268. The van der Waals surface area contributed by atoms with Gasteiger partial charge in [0.2, 0.25) is 0 Å². The summed E-state index contributed by atoms with van der Waals surface area (Å²) in [4.78, 5) is 4.40. The van der Waals surface area contributed by atoms with Crippen molar-refractivity contribution in [2.75, 3.05) is 13.7 Å². The lowest BCUT2D eigenvalue weighted by atomic mass is 10.2. The minimum absolute atomic E-state index is 0.0877. The second-order valence-electron chi connectivity index (χ2n) is 3.59. The largest absolute Gasteiger partial charge is 0.497 e. The van der Waals surface area contributed by atoms with E-state index in [-0.39, 0.29) is 6.61 Å². The van der Waals surface area contributed by atoms with E-state index in [0.29, 0.717) is 0 Å². The SMILES string of the molecule is COc1ccc(-c2csc(C(N)CO)n2)cc1. The highest BCUT2D eigenvalue weighted by atomic mass is 32.1. The van der Waals surface area contributed by atoms with Gasteiger partial charge in [-0.15, -0.1) is 11.3 Å². The molecular weight excluding hydrogens is 236 g/mol. The van der Waals surface area contributed by atoms with Crippen LogP contribution in [0.1, 0.15) is 11.0 Å². The molecule has 1 heterocycles. The van der Waals surface area contributed by atoms with Gasteiger partial charge in [0.05, 0.1) is 25.5 Å². The average Bonchev–Trinajstić information content (AvgIpc) is 2.87. The Morgan fingerprint density at radius 1 is 1.41 bits per heavy atom. The van der Waals surface area contributed by atoms with E-state index in [1.54, 1.807) is 7.11 Å². The summed E-state index contributed by atoms with van der Waals surface area (Å²) >= 11 is 1.46. The van der Waals surface area contributed by atoms with E-state index in [1.165, 1.54) is 11.3 Å². The summed E-state index contributed by atoms with van der Waals surface area (Å²) in [6.45, 7) is -0.0877. The minimum Gasteiger partial charge on any atom is -0.497 e. The molecule has 0 aliphatic rings. The molecule has 1 aromatic heterocycles. The second-order valence-corrected chi connectivity index (χ2v) is 4.48. The summed E-state index contributed by atoms with van der Waals surface area (Å²) in [6, 6.07) is 7.28. The predicted molar refractivity (Wildman–Crippen MR) is 68.1 cm³/mol. The summed E-state index contributed by atoms with van der Waals surface area (Å²) in [5, 5.41) is 11.6. The summed E-state index contributed by atoms with van der Waals surface area (Å²) < 4.78 is 5.10. The van der Waals surface area contributed by atoms with Crippen molar-refractivity contribution in [2.24, 2.45) is 5.73 Å². The Labute approximate surface area is 104 Å². The summed E-state index contributed by atoms with van der Waals surface area (Å²) in [5.41, 5.74) is 7.59. The second kappa shape index (κ2) is 5.27. The van der Waals surface area contributed by atoms with Gasteiger partial charge in [-0.1, -0.05) is 0 Å². The van der Waals surface area contributed by atoms with Gasteiger partial charge in [0.15, 0.2) is 0 Å². The van der Waals surface area contributed by atoms with E-state index >= 15 is 0 Å². The van der Waals surface area contributed by atoms with Crippen LogP contribution < -0.4 is 10.5 Å². The van der Waals surface area contributed by atoms with Crippen molar-refractivity contribution in [3.63, 3.8) is 0 Å². The standard InChI is InChI=1S/C12H14N2O2S/c1-16-9-4-2-8(3-5-9)11-7-17-12(14-11)10(13)6-15/h2-5,7,10,15H,6,13H2,1H3. The molecule has 0 fully saturated rings. The highest BCUT2D eigenvalue weighted by Gasteiger charge is 2.10. The third-order valence-corrected chi connectivity index (χ3v) is 3.40. The molecule has 0 spiro atoms. The lowest BCUT2D eigenvalue weighted by Crippen LogP contribution is -2.13. The van der Waals surface area contributed by atoms with Gasteiger partial charge in [-0.2, -0.15) is 0 Å². The molecule has 0 saturated carbocycles. The Morgan fingerprint density at radius 2 is 2.12 bits per heavy atom. The number of ether oxygens (including phenoxy) is 1. The first kappa shape index (κ1) is 12.0. The van der Waals surface area contributed by atoms with Crippen LogP contribution in [0.5, 0.6) is 5.75 Å². The zero-order valence-electron chi connectivity index (χ0n) is 9.46. The molecule has 1 unspecified atom stereocenters. The van der Waals surface area contributed by atoms with Gasteiger partial charge in [-0.25, -0.2) is 4.98 Å². The zero-order chi connectivity index (χ0) is 12.3. The first-order valence-electron chi connectivity index (χ1n) is 5.21. The van der Waals surface area contributed by atoms with Crippen LogP contribution in [-0.2, 0) is 0 Å². The molecule has 0 saturated heterocycles. The molecule has 90 valence electrons. The first-order chi connectivity index (χ1) is 8.24. The van der Waals surface area contributed by atoms with Crippen LogP contribution in [0, 0.1) is 0 Å². The fraction of sp³-hybridized carbons (Fsp3) is 0.250. The third kappa shape index (κ3) is 2.63. The van der Waals surface area contributed by atoms with Crippen LogP contribution in [0.2, 0.25) is 0 Å². The normalized spacial score (nSPS) is 12.4. The Morgan fingerprint density at radius 3 is 2.71 bits per heavy atom. The van der Waals surface area contributed by atoms with E-state index in [0.717, 1.165) is 22.0 Å². The molecule has 0 radical (unpaired) electrons. The molecule has 3 N–H and O–H groups in total. The quantitative estimate of drug-likeness (QED) is 0.868. The van der Waals surface area contributed by atoms with E-state index < -0.39 is 6.04 Å². The van der Waals surface area contributed by atoms with Crippen LogP contribution in [0.3, 0.4) is 0 Å². The van der Waals surface area contributed by atoms with Crippen molar-refractivity contribution in [1.82, 2.24) is 4.98 Å². The van der Waals surface area contributed by atoms with E-state index in [4.69, 9.17) is 15.6 Å². The number of nitrogens with zero attached hydrogens (tertiary/aromatic N) is 1. The van der Waals surface area contributed by atoms with Crippen LogP contribution >= 0.6 is 11.3 Å². The van der Waals surface area contributed by atoms with E-state index in [1.807, 2.05) is 29.6 Å². The molecule has 1 aromatic carbocycles. The van der Waals surface area contributed by atoms with E-state index in [9.17, 15) is 0 Å². The molecule has 0 amide bonds. The Kier molecular flexibility index (Phi) is 3.73. The van der Waals surface area contributed by atoms with Crippen molar-refractivity contribution in [1.29, 1.82) is 0 Å². The number of rotatable bonds is 4. The topological polar surface area (TPSA) is 68.4 Å². The predicted octanol–water partition coefficient (Wildman–Crippen LogP) is 1.81. The number of aliphatic hydroxyl groups excluding tert-OH is 1. The average molecular weight is 250 g/mol. The highest BCUT2D eigenvalue weighted by Crippen LogP contribution is 2.26. The number of hydrogen-bond acceptors (Lipinski definition) is 5. The Hall–Kier alpha value is -1.43. The molecule has 0 aliphatic heterocycles. The monoisotopic (exact) mass is 250 g/mol. The number of hydrogen-bond donors (Lipinski definition) is 2. The van der Waals surface area contributed by atoms with Gasteiger partial charge in [-0.3, -0.25) is 0 Å². The smallest absolute Gasteiger partial charge is 0.118 e. The fourth-order valence-electron chi connectivity index (χ4n) is 1.43. The number of aliphatic hydroxyl groups is 1. The first-order valence-corrected chi connectivity index (χ1v) is 6.09. The van der Waals surface area contributed by atoms with Crippen molar-refractivity contribution < 1.29 is 9.84 Å². The van der Waals surface area contributed by atoms with Crippen molar-refractivity contribution in [3.8, 4) is 17.0 Å². The molecule has 1 atom stereocenters. The fourth-order valence-corrected chi connectivity index (χ4v) is 2.25. The van der Waals surface area contributed by atoms with Gasteiger partial charge in [-0.05, 0) is 24.3 Å². The van der Waals surface area contributed by atoms with Crippen molar-refractivity contribution in [3.05, 3.63) is 34.7 Å². The van der Waals surface area contributed by atoms with E-state index in [2.05, 4.69) is 4.98 Å². The molecule has 5 heteroatoms. The number of benzene rings is 1. The summed E-state index contributed by atoms with van der Waals surface area (Å²) in [6.07, 6.45) is 0. The number of nitrogens with two attached hydrogens (primary N) is 1. The van der Waals surface area contributed by atoms with Crippen molar-refractivity contribution >= 4 is 11.3 Å². The molecule has 0 bridgehead atoms. The molecular formula is C12H14N2O2S. The number of thiazole rings is 1. The maximum Gasteiger partial charge on any atom is 0.118 e. The Balaban J connectivity index is 2.24. The Bertz CT molecular complexity index is 482. The van der Waals surface area contributed by atoms with Gasteiger partial charge < -0.3 is 15.6 Å². The van der Waals surface area contributed by atoms with Crippen LogP contribution in [0.4, 0.5) is 0 Å². The van der Waals surface area contributed by atoms with Gasteiger partial charge in [0, 0.05) is 10.9 Å². The minimum atomic E-state index is -0.396. The summed E-state index contributed by atoms with van der Waals surface area (Å²) in [7, 11) is 1.64. The number of aromatic nitrogens is 1. The lowest BCUT2D eigenvalue weighted by Gasteiger charge is -2.02. The van der Waals surface area contributed by atoms with Crippen LogP contribution in [-0.4, -0.2) is 23.8 Å². The molecule has 17 heavy (non-hydrogen) atoms. The van der Waals surface area contributed by atoms with Crippen LogP contribution in [0.15, 0.2) is 29.6 Å². The molecule has 4 nitrogen and oxygen atoms in total. The van der Waals surface area contributed by atoms with Gasteiger partial charge in [0.25, 0.3) is 0 Å². The van der Waals surface area contributed by atoms with Gasteiger partial charge >= 0.3 is 0 Å². The molecule has 0 aliphatic carbocycles. The highest BCUT2D eigenvalue weighted by molar-refractivity contribution is 7.10. The maximum atomic E-state index is 8.96. The zero-order valence-corrected chi connectivity index (χ0v) is 10.3. The molecule has 2 aromatic rings. The maximum absolute atomic E-state index is 8.96. The van der Waals surface area contributed by atoms with Crippen molar-refractivity contribution in [2.45, 2.75) is 6.04 Å². The van der Waals surface area contributed by atoms with Crippen LogP contribution in [0.25, 0.3) is 11.3 Å². The number of methoxy groups -OCH3 is 1. The third-order valence-electron chi connectivity index (χ3n) is 2.42. The summed E-state index contributed by atoms with van der Waals surface area (Å²) in [5.74, 6) is 0.816.